The number of nitrogens with zero attached hydrogens (tertiary/aromatic N) is 1. The Morgan fingerprint density at radius 3 is 2.73 bits per heavy atom. The first-order valence-corrected chi connectivity index (χ1v) is 4.98. The zero-order valence-electron chi connectivity index (χ0n) is 6.68. The summed E-state index contributed by atoms with van der Waals surface area (Å²) in [5, 5.41) is 1.01. The summed E-state index contributed by atoms with van der Waals surface area (Å²) in [6.07, 6.45) is 4.05. The summed E-state index contributed by atoms with van der Waals surface area (Å²) in [4.78, 5) is 4.29. The minimum absolute atomic E-state index is 1.01. The van der Waals surface area contributed by atoms with E-state index in [9.17, 15) is 0 Å². The first-order chi connectivity index (χ1) is 5.36. The number of alkyl halides is 1. The highest BCUT2D eigenvalue weighted by Crippen LogP contribution is 2.02. The van der Waals surface area contributed by atoms with E-state index in [4.69, 9.17) is 0 Å². The molecule has 0 unspecified atom stereocenters. The molecule has 0 fully saturated rings. The van der Waals surface area contributed by atoms with Crippen LogP contribution in [0.25, 0.3) is 0 Å². The second-order valence-corrected chi connectivity index (χ2v) is 3.24. The van der Waals surface area contributed by atoms with Gasteiger partial charge in [0.15, 0.2) is 0 Å². The molecular weight excluding hydrogens is 202 g/mol. The van der Waals surface area contributed by atoms with Crippen LogP contribution in [0.5, 0.6) is 0 Å². The molecule has 0 saturated heterocycles. The van der Waals surface area contributed by atoms with Crippen LogP contribution >= 0.6 is 15.9 Å². The standard InChI is InChI=1S/C9H12BrN/c1-2-9-4-3-8(5-6-10)7-11-9/h3-4,7H,2,5-6H2,1H3. The van der Waals surface area contributed by atoms with E-state index in [2.05, 4.69) is 40.0 Å². The zero-order chi connectivity index (χ0) is 8.10. The van der Waals surface area contributed by atoms with Gasteiger partial charge in [-0.3, -0.25) is 4.98 Å². The zero-order valence-corrected chi connectivity index (χ0v) is 8.26. The number of hydrogen-bond acceptors (Lipinski definition) is 1. The lowest BCUT2D eigenvalue weighted by molar-refractivity contribution is 1.01. The normalized spacial score (nSPS) is 10.0. The van der Waals surface area contributed by atoms with E-state index in [-0.39, 0.29) is 0 Å². The fourth-order valence-corrected chi connectivity index (χ4v) is 1.38. The van der Waals surface area contributed by atoms with Crippen molar-refractivity contribution >= 4 is 15.9 Å². The van der Waals surface area contributed by atoms with Gasteiger partial charge >= 0.3 is 0 Å². The Morgan fingerprint density at radius 1 is 1.45 bits per heavy atom. The number of rotatable bonds is 3. The quantitative estimate of drug-likeness (QED) is 0.704. The average Bonchev–Trinajstić information content (AvgIpc) is 2.07. The van der Waals surface area contributed by atoms with Crippen molar-refractivity contribution in [3.8, 4) is 0 Å². The van der Waals surface area contributed by atoms with Gasteiger partial charge in [0.25, 0.3) is 0 Å². The van der Waals surface area contributed by atoms with E-state index in [0.29, 0.717) is 0 Å². The summed E-state index contributed by atoms with van der Waals surface area (Å²) >= 11 is 3.39. The predicted molar refractivity (Wildman–Crippen MR) is 51.1 cm³/mol. The fourth-order valence-electron chi connectivity index (χ4n) is 0.921. The lowest BCUT2D eigenvalue weighted by Gasteiger charge is -1.98. The van der Waals surface area contributed by atoms with Gasteiger partial charge in [-0.1, -0.05) is 28.9 Å². The van der Waals surface area contributed by atoms with Crippen LogP contribution in [-0.2, 0) is 12.8 Å². The van der Waals surface area contributed by atoms with Gasteiger partial charge < -0.3 is 0 Å². The van der Waals surface area contributed by atoms with Crippen LogP contribution in [0.1, 0.15) is 18.2 Å². The molecule has 0 radical (unpaired) electrons. The fraction of sp³-hybridized carbons (Fsp3) is 0.444. The summed E-state index contributed by atoms with van der Waals surface area (Å²) in [5.41, 5.74) is 2.47. The van der Waals surface area contributed by atoms with Gasteiger partial charge in [-0.2, -0.15) is 0 Å². The molecule has 1 aromatic rings. The molecule has 0 aliphatic carbocycles. The Kier molecular flexibility index (Phi) is 3.57. The van der Waals surface area contributed by atoms with Gasteiger partial charge in [-0.15, -0.1) is 0 Å². The molecule has 0 aromatic carbocycles. The maximum Gasteiger partial charge on any atom is 0.0401 e. The molecule has 0 aliphatic heterocycles. The van der Waals surface area contributed by atoms with E-state index in [1.807, 2.05) is 6.20 Å². The minimum Gasteiger partial charge on any atom is -0.261 e. The van der Waals surface area contributed by atoms with Gasteiger partial charge in [-0.05, 0) is 24.5 Å². The van der Waals surface area contributed by atoms with Crippen LogP contribution in [0.2, 0.25) is 0 Å². The molecule has 60 valence electrons. The number of halogens is 1. The molecule has 0 saturated carbocycles. The Morgan fingerprint density at radius 2 is 2.27 bits per heavy atom. The van der Waals surface area contributed by atoms with Crippen molar-refractivity contribution in [3.63, 3.8) is 0 Å². The van der Waals surface area contributed by atoms with Gasteiger partial charge in [0.05, 0.1) is 0 Å². The average molecular weight is 214 g/mol. The van der Waals surface area contributed by atoms with Crippen molar-refractivity contribution in [2.45, 2.75) is 19.8 Å². The molecular formula is C9H12BrN. The van der Waals surface area contributed by atoms with Gasteiger partial charge in [0, 0.05) is 17.2 Å². The molecule has 0 bridgehead atoms. The largest absolute Gasteiger partial charge is 0.261 e. The first kappa shape index (κ1) is 8.72. The highest BCUT2D eigenvalue weighted by Gasteiger charge is 1.92. The number of pyridine rings is 1. The second kappa shape index (κ2) is 4.50. The molecule has 2 heteroatoms. The summed E-state index contributed by atoms with van der Waals surface area (Å²) < 4.78 is 0. The molecule has 1 nitrogen and oxygen atoms in total. The van der Waals surface area contributed by atoms with E-state index in [1.165, 1.54) is 11.3 Å². The maximum atomic E-state index is 4.29. The van der Waals surface area contributed by atoms with Crippen LogP contribution in [0.3, 0.4) is 0 Å². The maximum absolute atomic E-state index is 4.29. The predicted octanol–water partition coefficient (Wildman–Crippen LogP) is 2.58. The van der Waals surface area contributed by atoms with Crippen LogP contribution in [0.15, 0.2) is 18.3 Å². The summed E-state index contributed by atoms with van der Waals surface area (Å²) in [6, 6.07) is 4.24. The lowest BCUT2D eigenvalue weighted by Crippen LogP contribution is -1.90. The van der Waals surface area contributed by atoms with Gasteiger partial charge in [-0.25, -0.2) is 0 Å². The third-order valence-corrected chi connectivity index (χ3v) is 2.03. The summed E-state index contributed by atoms with van der Waals surface area (Å²) in [7, 11) is 0. The van der Waals surface area contributed by atoms with Crippen LogP contribution < -0.4 is 0 Å². The number of hydrogen-bond donors (Lipinski definition) is 0. The lowest BCUT2D eigenvalue weighted by atomic mass is 10.2. The van der Waals surface area contributed by atoms with Crippen molar-refractivity contribution < 1.29 is 0 Å². The smallest absolute Gasteiger partial charge is 0.0401 e. The van der Waals surface area contributed by atoms with Crippen LogP contribution in [0, 0.1) is 0 Å². The molecule has 0 amide bonds. The molecule has 1 aromatic heterocycles. The highest BCUT2D eigenvalue weighted by atomic mass is 79.9. The van der Waals surface area contributed by atoms with Gasteiger partial charge in [0.1, 0.15) is 0 Å². The van der Waals surface area contributed by atoms with Crippen molar-refractivity contribution in [2.75, 3.05) is 5.33 Å². The van der Waals surface area contributed by atoms with E-state index >= 15 is 0 Å². The van der Waals surface area contributed by atoms with Crippen molar-refractivity contribution in [3.05, 3.63) is 29.6 Å². The molecule has 1 heterocycles. The van der Waals surface area contributed by atoms with Crippen LogP contribution in [-0.4, -0.2) is 10.3 Å². The first-order valence-electron chi connectivity index (χ1n) is 3.86. The van der Waals surface area contributed by atoms with E-state index in [0.717, 1.165) is 18.2 Å². The topological polar surface area (TPSA) is 12.9 Å². The number of aryl methyl sites for hydroxylation is 2. The molecule has 1 rings (SSSR count). The molecule has 0 atom stereocenters. The molecule has 0 spiro atoms. The highest BCUT2D eigenvalue weighted by molar-refractivity contribution is 9.09. The Labute approximate surface area is 76.0 Å². The molecule has 0 N–H and O–H groups in total. The van der Waals surface area contributed by atoms with Crippen molar-refractivity contribution in [1.29, 1.82) is 0 Å². The Bertz CT molecular complexity index is 205. The summed E-state index contributed by atoms with van der Waals surface area (Å²) in [6.45, 7) is 2.12. The molecule has 0 aliphatic rings. The Hall–Kier alpha value is -0.370. The number of aromatic nitrogens is 1. The van der Waals surface area contributed by atoms with Crippen molar-refractivity contribution in [2.24, 2.45) is 0 Å². The van der Waals surface area contributed by atoms with Crippen LogP contribution in [0.4, 0.5) is 0 Å². The van der Waals surface area contributed by atoms with E-state index in [1.54, 1.807) is 0 Å². The Balaban J connectivity index is 2.66. The van der Waals surface area contributed by atoms with Crippen molar-refractivity contribution in [1.82, 2.24) is 4.98 Å². The van der Waals surface area contributed by atoms with Gasteiger partial charge in [0.2, 0.25) is 0 Å². The third-order valence-electron chi connectivity index (χ3n) is 1.63. The monoisotopic (exact) mass is 213 g/mol. The second-order valence-electron chi connectivity index (χ2n) is 2.45. The third kappa shape index (κ3) is 2.62. The minimum atomic E-state index is 1.01. The summed E-state index contributed by atoms with van der Waals surface area (Å²) in [5.74, 6) is 0. The SMILES string of the molecule is CCc1ccc(CCBr)cn1. The molecule has 11 heavy (non-hydrogen) atoms. The van der Waals surface area contributed by atoms with E-state index < -0.39 is 0 Å².